The maximum atomic E-state index is 11.1. The van der Waals surface area contributed by atoms with E-state index in [2.05, 4.69) is 4.99 Å². The lowest BCUT2D eigenvalue weighted by Gasteiger charge is -1.98. The van der Waals surface area contributed by atoms with Crippen LogP contribution in [-0.4, -0.2) is 6.21 Å². The highest BCUT2D eigenvalue weighted by Crippen LogP contribution is 2.20. The maximum Gasteiger partial charge on any atom is 0.336 e. The summed E-state index contributed by atoms with van der Waals surface area (Å²) >= 11 is 5.83. The lowest BCUT2D eigenvalue weighted by atomic mass is 10.2. The highest BCUT2D eigenvalue weighted by atomic mass is 35.5. The van der Waals surface area contributed by atoms with Gasteiger partial charge in [-0.25, -0.2) is 4.79 Å². The molecule has 20 heavy (non-hydrogen) atoms. The Morgan fingerprint density at radius 1 is 1.00 bits per heavy atom. The fourth-order valence-corrected chi connectivity index (χ4v) is 1.96. The van der Waals surface area contributed by atoms with E-state index in [1.54, 1.807) is 24.4 Å². The van der Waals surface area contributed by atoms with E-state index < -0.39 is 0 Å². The predicted octanol–water partition coefficient (Wildman–Crippen LogP) is 4.20. The van der Waals surface area contributed by atoms with Gasteiger partial charge in [-0.1, -0.05) is 23.7 Å². The van der Waals surface area contributed by atoms with Crippen LogP contribution in [0.25, 0.3) is 11.0 Å². The Morgan fingerprint density at radius 2 is 1.80 bits per heavy atom. The lowest BCUT2D eigenvalue weighted by Crippen LogP contribution is -1.93. The molecule has 4 heteroatoms. The normalized spacial score (nSPS) is 11.2. The van der Waals surface area contributed by atoms with Gasteiger partial charge >= 0.3 is 5.63 Å². The van der Waals surface area contributed by atoms with Crippen LogP contribution in [0.15, 0.2) is 68.8 Å². The quantitative estimate of drug-likeness (QED) is 0.522. The Morgan fingerprint density at radius 3 is 2.60 bits per heavy atom. The summed E-state index contributed by atoms with van der Waals surface area (Å²) in [5, 5.41) is 1.54. The van der Waals surface area contributed by atoms with Gasteiger partial charge in [0.25, 0.3) is 0 Å². The molecular weight excluding hydrogens is 274 g/mol. The number of halogens is 1. The summed E-state index contributed by atoms with van der Waals surface area (Å²) < 4.78 is 5.07. The first-order chi connectivity index (χ1) is 9.70. The van der Waals surface area contributed by atoms with Gasteiger partial charge in [0.2, 0.25) is 0 Å². The molecule has 1 aromatic heterocycles. The van der Waals surface area contributed by atoms with Crippen molar-refractivity contribution in [2.45, 2.75) is 0 Å². The Bertz CT molecular complexity index is 835. The molecule has 0 amide bonds. The predicted molar refractivity (Wildman–Crippen MR) is 81.2 cm³/mol. The Balaban J connectivity index is 1.92. The van der Waals surface area contributed by atoms with Crippen LogP contribution >= 0.6 is 11.6 Å². The van der Waals surface area contributed by atoms with Crippen LogP contribution in [-0.2, 0) is 0 Å². The second kappa shape index (κ2) is 5.31. The number of benzene rings is 2. The van der Waals surface area contributed by atoms with Crippen LogP contribution in [0.4, 0.5) is 5.69 Å². The SMILES string of the molecule is O=c1ccc2cc(N=Cc3ccc(Cl)cc3)ccc2o1. The molecule has 0 N–H and O–H groups in total. The van der Waals surface area contributed by atoms with Gasteiger partial charge in [0, 0.05) is 22.7 Å². The highest BCUT2D eigenvalue weighted by Gasteiger charge is 1.98. The van der Waals surface area contributed by atoms with Crippen molar-refractivity contribution in [1.82, 2.24) is 0 Å². The van der Waals surface area contributed by atoms with E-state index in [4.69, 9.17) is 16.0 Å². The van der Waals surface area contributed by atoms with E-state index in [9.17, 15) is 4.79 Å². The van der Waals surface area contributed by atoms with Gasteiger partial charge in [0.15, 0.2) is 0 Å². The molecule has 0 saturated heterocycles. The zero-order chi connectivity index (χ0) is 13.9. The molecule has 3 rings (SSSR count). The zero-order valence-electron chi connectivity index (χ0n) is 10.4. The van der Waals surface area contributed by atoms with Crippen LogP contribution in [0, 0.1) is 0 Å². The van der Waals surface area contributed by atoms with Gasteiger partial charge in [-0.2, -0.15) is 0 Å². The number of hydrogen-bond acceptors (Lipinski definition) is 3. The molecule has 0 fully saturated rings. The average molecular weight is 284 g/mol. The smallest absolute Gasteiger partial charge is 0.336 e. The molecule has 98 valence electrons. The second-order valence-corrected chi connectivity index (χ2v) is 4.72. The third kappa shape index (κ3) is 2.78. The van der Waals surface area contributed by atoms with Crippen LogP contribution in [0.1, 0.15) is 5.56 Å². The monoisotopic (exact) mass is 283 g/mol. The molecular formula is C16H10ClNO2. The molecule has 2 aromatic carbocycles. The number of fused-ring (bicyclic) bond motifs is 1. The molecule has 0 unspecified atom stereocenters. The first-order valence-electron chi connectivity index (χ1n) is 6.04. The van der Waals surface area contributed by atoms with E-state index in [1.807, 2.05) is 30.3 Å². The summed E-state index contributed by atoms with van der Waals surface area (Å²) in [6.45, 7) is 0. The highest BCUT2D eigenvalue weighted by molar-refractivity contribution is 6.30. The van der Waals surface area contributed by atoms with Gasteiger partial charge in [-0.3, -0.25) is 4.99 Å². The average Bonchev–Trinajstić information content (AvgIpc) is 2.46. The molecule has 3 aromatic rings. The summed E-state index contributed by atoms with van der Waals surface area (Å²) in [7, 11) is 0. The van der Waals surface area contributed by atoms with E-state index in [0.717, 1.165) is 16.6 Å². The van der Waals surface area contributed by atoms with E-state index >= 15 is 0 Å². The number of hydrogen-bond donors (Lipinski definition) is 0. The van der Waals surface area contributed by atoms with Crippen LogP contribution in [0.5, 0.6) is 0 Å². The summed E-state index contributed by atoms with van der Waals surface area (Å²) in [4.78, 5) is 15.5. The second-order valence-electron chi connectivity index (χ2n) is 4.29. The Hall–Kier alpha value is -2.39. The minimum atomic E-state index is -0.352. The van der Waals surface area contributed by atoms with Gasteiger partial charge in [0.05, 0.1) is 5.69 Å². The maximum absolute atomic E-state index is 11.1. The summed E-state index contributed by atoms with van der Waals surface area (Å²) in [5.41, 5.74) is 1.97. The molecule has 1 heterocycles. The van der Waals surface area contributed by atoms with Crippen LogP contribution in [0.2, 0.25) is 5.02 Å². The molecule has 0 aliphatic rings. The van der Waals surface area contributed by atoms with Crippen molar-refractivity contribution in [3.63, 3.8) is 0 Å². The molecule has 0 aliphatic carbocycles. The fourth-order valence-electron chi connectivity index (χ4n) is 1.84. The Kier molecular flexibility index (Phi) is 3.35. The topological polar surface area (TPSA) is 42.6 Å². The third-order valence-corrected chi connectivity index (χ3v) is 3.09. The first-order valence-corrected chi connectivity index (χ1v) is 6.42. The fraction of sp³-hybridized carbons (Fsp3) is 0. The minimum Gasteiger partial charge on any atom is -0.423 e. The van der Waals surface area contributed by atoms with Crippen molar-refractivity contribution >= 4 is 34.5 Å². The van der Waals surface area contributed by atoms with E-state index in [0.29, 0.717) is 10.6 Å². The van der Waals surface area contributed by atoms with Crippen molar-refractivity contribution in [2.75, 3.05) is 0 Å². The molecule has 0 aliphatic heterocycles. The van der Waals surface area contributed by atoms with Gasteiger partial charge < -0.3 is 4.42 Å². The molecule has 0 atom stereocenters. The van der Waals surface area contributed by atoms with Gasteiger partial charge in [-0.15, -0.1) is 0 Å². The minimum absolute atomic E-state index is 0.352. The number of rotatable bonds is 2. The lowest BCUT2D eigenvalue weighted by molar-refractivity contribution is 0.561. The first kappa shape index (κ1) is 12.6. The van der Waals surface area contributed by atoms with Crippen molar-refractivity contribution in [3.05, 3.63) is 75.6 Å². The summed E-state index contributed by atoms with van der Waals surface area (Å²) in [6.07, 6.45) is 1.76. The molecule has 0 bridgehead atoms. The Labute approximate surface area is 120 Å². The largest absolute Gasteiger partial charge is 0.423 e. The third-order valence-electron chi connectivity index (χ3n) is 2.84. The van der Waals surface area contributed by atoms with Crippen molar-refractivity contribution in [2.24, 2.45) is 4.99 Å². The van der Waals surface area contributed by atoms with Crippen LogP contribution in [0.3, 0.4) is 0 Å². The molecule has 3 nitrogen and oxygen atoms in total. The number of nitrogens with zero attached hydrogens (tertiary/aromatic N) is 1. The molecule has 0 radical (unpaired) electrons. The van der Waals surface area contributed by atoms with E-state index in [1.165, 1.54) is 6.07 Å². The standard InChI is InChI=1S/C16H10ClNO2/c17-13-4-1-11(2-5-13)10-18-14-6-7-15-12(9-14)3-8-16(19)20-15/h1-10H. The van der Waals surface area contributed by atoms with Crippen molar-refractivity contribution in [1.29, 1.82) is 0 Å². The van der Waals surface area contributed by atoms with Gasteiger partial charge in [0.1, 0.15) is 5.58 Å². The van der Waals surface area contributed by atoms with Crippen LogP contribution < -0.4 is 5.63 Å². The molecule has 0 saturated carbocycles. The van der Waals surface area contributed by atoms with Crippen molar-refractivity contribution < 1.29 is 4.42 Å². The molecule has 0 spiro atoms. The summed E-state index contributed by atoms with van der Waals surface area (Å²) in [5.74, 6) is 0. The zero-order valence-corrected chi connectivity index (χ0v) is 11.2. The summed E-state index contributed by atoms with van der Waals surface area (Å²) in [6, 6.07) is 16.0. The van der Waals surface area contributed by atoms with E-state index in [-0.39, 0.29) is 5.63 Å². The number of aliphatic imine (C=N–C) groups is 1. The van der Waals surface area contributed by atoms with Gasteiger partial charge in [-0.05, 0) is 42.0 Å². The van der Waals surface area contributed by atoms with Crippen molar-refractivity contribution in [3.8, 4) is 0 Å².